The van der Waals surface area contributed by atoms with E-state index in [1.165, 1.54) is 23.1 Å². The zero-order valence-electron chi connectivity index (χ0n) is 16.6. The molecule has 0 amide bonds. The standard InChI is InChI=1S/C13H9.C6H7Si.C5H5.CH3.2ClH.Hf/c1-3-7-12-10(5-1)9-11-6-2-4-8-13(11)12;7-6-4-2-1-3-5-6;1-2-4-5-3-1;;;;/h1-5,7-8H,9H2;1-5H,7H2;1-3H,4H2;1H3;2*1H;. The van der Waals surface area contributed by atoms with Crippen molar-refractivity contribution in [2.24, 2.45) is 0 Å². The van der Waals surface area contributed by atoms with E-state index in [0.29, 0.717) is 0 Å². The van der Waals surface area contributed by atoms with Gasteiger partial charge < -0.3 is 0 Å². The van der Waals surface area contributed by atoms with E-state index >= 15 is 0 Å². The molecule has 0 bridgehead atoms. The summed E-state index contributed by atoms with van der Waals surface area (Å²) in [6.07, 6.45) is 9.45. The van der Waals surface area contributed by atoms with E-state index in [1.54, 1.807) is 14.1 Å². The molecule has 0 N–H and O–H groups in total. The fourth-order valence-corrected chi connectivity index (χ4v) is 37.2. The third kappa shape index (κ3) is 4.05. The van der Waals surface area contributed by atoms with Crippen molar-refractivity contribution in [2.45, 2.75) is 17.5 Å². The first-order valence-corrected chi connectivity index (χ1v) is 26.1. The second-order valence-corrected chi connectivity index (χ2v) is 38.4. The topological polar surface area (TPSA) is 0 Å². The van der Waals surface area contributed by atoms with Gasteiger partial charge in [0.05, 0.1) is 0 Å². The summed E-state index contributed by atoms with van der Waals surface area (Å²) in [4.78, 5) is 0. The van der Waals surface area contributed by atoms with Crippen LogP contribution in [0.4, 0.5) is 0 Å². The van der Waals surface area contributed by atoms with Crippen molar-refractivity contribution in [3.8, 4) is 11.1 Å². The number of halogens is 2. The second-order valence-electron chi connectivity index (χ2n) is 7.98. The number of fused-ring (bicyclic) bond motifs is 3. The molecule has 0 aromatic heterocycles. The van der Waals surface area contributed by atoms with Crippen LogP contribution in [0.5, 0.6) is 0 Å². The van der Waals surface area contributed by atoms with Gasteiger partial charge in [-0.25, -0.2) is 0 Å². The maximum absolute atomic E-state index is 2.80. The normalized spacial score (nSPS) is 15.8. The minimum atomic E-state index is -2.80. The Labute approximate surface area is 192 Å². The van der Waals surface area contributed by atoms with Gasteiger partial charge in [-0.3, -0.25) is 0 Å². The van der Waals surface area contributed by atoms with E-state index in [-0.39, 0.29) is 31.5 Å². The molecule has 0 heterocycles. The summed E-state index contributed by atoms with van der Waals surface area (Å²) < 4.78 is 6.31. The predicted molar refractivity (Wildman–Crippen MR) is 131 cm³/mol. The van der Waals surface area contributed by atoms with Gasteiger partial charge in [-0.15, -0.1) is 24.8 Å². The molecule has 0 saturated heterocycles. The van der Waals surface area contributed by atoms with Gasteiger partial charge in [0, 0.05) is 0 Å². The van der Waals surface area contributed by atoms with Crippen molar-refractivity contribution in [2.75, 3.05) is 0 Å². The predicted octanol–water partition coefficient (Wildman–Crippen LogP) is 5.18. The van der Waals surface area contributed by atoms with Crippen LogP contribution < -0.4 is 8.51 Å². The van der Waals surface area contributed by atoms with Crippen molar-refractivity contribution in [3.05, 3.63) is 105 Å². The number of rotatable bonds is 4. The SMILES string of the molecule is Cl.Cl.[CH3][Hf]([SiH2]c1ccccc1)([C]1=CC=CC1)[c]1cccc2c1Cc1ccccc1-2. The van der Waals surface area contributed by atoms with Crippen LogP contribution in [0.2, 0.25) is 4.68 Å². The van der Waals surface area contributed by atoms with Crippen LogP contribution in [0, 0.1) is 0 Å². The Morgan fingerprint density at radius 3 is 2.28 bits per heavy atom. The summed E-state index contributed by atoms with van der Waals surface area (Å²) in [5.74, 6) is 0. The molecule has 3 aromatic carbocycles. The molecule has 0 spiro atoms. The number of allylic oxidation sites excluding steroid dienone is 4. The first-order chi connectivity index (χ1) is 13.3. The Kier molecular flexibility index (Phi) is 7.22. The quantitative estimate of drug-likeness (QED) is 0.282. The molecule has 0 fully saturated rings. The Bertz CT molecular complexity index is 1080. The third-order valence-corrected chi connectivity index (χ3v) is 39.1. The summed E-state index contributed by atoms with van der Waals surface area (Å²) in [6, 6.07) is 27.6. The zero-order chi connectivity index (χ0) is 18.3. The van der Waals surface area contributed by atoms with Crippen LogP contribution >= 0.6 is 24.8 Å². The van der Waals surface area contributed by atoms with Gasteiger partial charge >= 0.3 is 168 Å². The first kappa shape index (κ1) is 22.5. The molecular weight excluding hydrogens is 578 g/mol. The number of benzene rings is 3. The molecule has 29 heavy (non-hydrogen) atoms. The Morgan fingerprint density at radius 2 is 1.52 bits per heavy atom. The van der Waals surface area contributed by atoms with Crippen molar-refractivity contribution in [3.63, 3.8) is 0 Å². The molecule has 1 atom stereocenters. The third-order valence-electron chi connectivity index (χ3n) is 6.33. The van der Waals surface area contributed by atoms with E-state index < -0.39 is 19.1 Å². The van der Waals surface area contributed by atoms with Crippen LogP contribution in [0.3, 0.4) is 0 Å². The molecule has 0 aliphatic heterocycles. The van der Waals surface area contributed by atoms with Crippen LogP contribution in [0.1, 0.15) is 17.5 Å². The maximum atomic E-state index is 2.73. The van der Waals surface area contributed by atoms with E-state index in [9.17, 15) is 0 Å². The van der Waals surface area contributed by atoms with Crippen molar-refractivity contribution in [1.82, 2.24) is 0 Å². The summed E-state index contributed by atoms with van der Waals surface area (Å²) in [5.41, 5.74) is 6.13. The molecular formula is C25H26Cl2HfSi. The van der Waals surface area contributed by atoms with Crippen molar-refractivity contribution < 1.29 is 19.1 Å². The molecule has 4 heteroatoms. The minimum absolute atomic E-state index is 0. The number of hydrogen-bond acceptors (Lipinski definition) is 0. The van der Waals surface area contributed by atoms with E-state index in [1.807, 2.05) is 3.33 Å². The summed E-state index contributed by atoms with van der Waals surface area (Å²) in [6.45, 7) is -0.312. The average molecular weight is 604 g/mol. The van der Waals surface area contributed by atoms with Gasteiger partial charge in [0.25, 0.3) is 0 Å². The van der Waals surface area contributed by atoms with Gasteiger partial charge in [-0.2, -0.15) is 0 Å². The van der Waals surface area contributed by atoms with Crippen molar-refractivity contribution >= 4 is 40.0 Å². The van der Waals surface area contributed by atoms with Crippen molar-refractivity contribution in [1.29, 1.82) is 0 Å². The van der Waals surface area contributed by atoms with Crippen LogP contribution in [0.15, 0.2) is 94.4 Å². The summed E-state index contributed by atoms with van der Waals surface area (Å²) in [5, 5.41) is 1.64. The molecule has 2 aliphatic carbocycles. The van der Waals surface area contributed by atoms with E-state index in [2.05, 4.69) is 95.7 Å². The van der Waals surface area contributed by atoms with Gasteiger partial charge in [0.2, 0.25) is 0 Å². The summed E-state index contributed by atoms with van der Waals surface area (Å²) >= 11 is -2.80. The van der Waals surface area contributed by atoms with E-state index in [0.717, 1.165) is 6.42 Å². The summed E-state index contributed by atoms with van der Waals surface area (Å²) in [7, 11) is 0. The molecule has 3 aromatic rings. The average Bonchev–Trinajstić information content (AvgIpc) is 3.37. The zero-order valence-corrected chi connectivity index (χ0v) is 23.2. The van der Waals surface area contributed by atoms with Gasteiger partial charge in [0.1, 0.15) is 0 Å². The Hall–Kier alpha value is -1.19. The monoisotopic (exact) mass is 604 g/mol. The molecule has 148 valence electrons. The Morgan fingerprint density at radius 1 is 0.793 bits per heavy atom. The molecule has 5 rings (SSSR count). The fraction of sp³-hybridized carbons (Fsp3) is 0.120. The molecule has 0 saturated carbocycles. The van der Waals surface area contributed by atoms with Crippen LogP contribution in [-0.4, -0.2) is 6.71 Å². The van der Waals surface area contributed by atoms with Gasteiger partial charge in [-0.1, -0.05) is 0 Å². The molecule has 2 aliphatic rings. The van der Waals surface area contributed by atoms with Gasteiger partial charge in [-0.05, 0) is 0 Å². The van der Waals surface area contributed by atoms with E-state index in [4.69, 9.17) is 0 Å². The van der Waals surface area contributed by atoms with Gasteiger partial charge in [0.15, 0.2) is 0 Å². The molecule has 1 unspecified atom stereocenters. The first-order valence-electron chi connectivity index (χ1n) is 9.86. The molecule has 0 nitrogen and oxygen atoms in total. The molecule has 0 radical (unpaired) electrons. The van der Waals surface area contributed by atoms with Crippen LogP contribution in [-0.2, 0) is 25.6 Å². The Balaban J connectivity index is 0.00000120. The van der Waals surface area contributed by atoms with Crippen LogP contribution in [0.25, 0.3) is 11.1 Å². The second kappa shape index (κ2) is 9.30. The fourth-order valence-electron chi connectivity index (χ4n) is 4.92. The number of hydrogen-bond donors (Lipinski definition) is 0.